The first-order valence-electron chi connectivity index (χ1n) is 5.72. The molecule has 2 atom stereocenters. The highest BCUT2D eigenvalue weighted by Crippen LogP contribution is 2.26. The van der Waals surface area contributed by atoms with Crippen molar-refractivity contribution < 1.29 is 4.79 Å². The van der Waals surface area contributed by atoms with Crippen LogP contribution in [-0.2, 0) is 4.79 Å². The Morgan fingerprint density at radius 3 is 2.93 bits per heavy atom. The van der Waals surface area contributed by atoms with E-state index in [0.29, 0.717) is 24.7 Å². The molecule has 80 valence electrons. The van der Waals surface area contributed by atoms with Crippen molar-refractivity contribution in [2.45, 2.75) is 57.7 Å². The van der Waals surface area contributed by atoms with Crippen LogP contribution in [0.25, 0.3) is 0 Å². The van der Waals surface area contributed by atoms with E-state index in [1.165, 1.54) is 19.3 Å². The van der Waals surface area contributed by atoms with Crippen LogP contribution in [0.4, 0.5) is 0 Å². The lowest BCUT2D eigenvalue weighted by atomic mass is 9.90. The van der Waals surface area contributed by atoms with Crippen LogP contribution >= 0.6 is 0 Å². The Hall–Kier alpha value is -0.570. The second-order valence-corrected chi connectivity index (χ2v) is 4.85. The van der Waals surface area contributed by atoms with Gasteiger partial charge in [-0.1, -0.05) is 0 Å². The largest absolute Gasteiger partial charge is 0.352 e. The Balaban J connectivity index is 2.13. The topological polar surface area (TPSA) is 32.3 Å². The van der Waals surface area contributed by atoms with Crippen molar-refractivity contribution in [3.63, 3.8) is 0 Å². The molecule has 1 aliphatic carbocycles. The Morgan fingerprint density at radius 1 is 1.43 bits per heavy atom. The minimum atomic E-state index is 0.216. The molecule has 0 spiro atoms. The monoisotopic (exact) mass is 196 g/mol. The van der Waals surface area contributed by atoms with Gasteiger partial charge in [-0.05, 0) is 39.5 Å². The molecule has 1 heterocycles. The number of nitrogens with zero attached hydrogens (tertiary/aromatic N) is 1. The summed E-state index contributed by atoms with van der Waals surface area (Å²) in [5.41, 5.74) is 0. The van der Waals surface area contributed by atoms with E-state index in [4.69, 9.17) is 0 Å². The van der Waals surface area contributed by atoms with E-state index in [1.54, 1.807) is 0 Å². The van der Waals surface area contributed by atoms with E-state index in [9.17, 15) is 4.79 Å². The average molecular weight is 196 g/mol. The van der Waals surface area contributed by atoms with Crippen molar-refractivity contribution in [2.24, 2.45) is 0 Å². The molecule has 0 aromatic rings. The van der Waals surface area contributed by atoms with Crippen LogP contribution in [-0.4, -0.2) is 35.5 Å². The molecule has 1 amide bonds. The number of amides is 1. The molecule has 2 unspecified atom stereocenters. The number of rotatable bonds is 1. The maximum absolute atomic E-state index is 11.6. The van der Waals surface area contributed by atoms with Gasteiger partial charge < -0.3 is 5.32 Å². The summed E-state index contributed by atoms with van der Waals surface area (Å²) in [7, 11) is 0. The van der Waals surface area contributed by atoms with Crippen LogP contribution in [0.3, 0.4) is 0 Å². The zero-order valence-electron chi connectivity index (χ0n) is 9.12. The first kappa shape index (κ1) is 9.97. The molecule has 1 saturated carbocycles. The zero-order chi connectivity index (χ0) is 10.1. The first-order chi connectivity index (χ1) is 6.66. The molecule has 2 bridgehead atoms. The van der Waals surface area contributed by atoms with E-state index in [2.05, 4.69) is 24.1 Å². The van der Waals surface area contributed by atoms with E-state index < -0.39 is 0 Å². The molecule has 2 fully saturated rings. The lowest BCUT2D eigenvalue weighted by molar-refractivity contribution is -0.122. The summed E-state index contributed by atoms with van der Waals surface area (Å²) in [6, 6.07) is 1.57. The summed E-state index contributed by atoms with van der Waals surface area (Å²) < 4.78 is 0. The molecular formula is C11H20N2O. The predicted molar refractivity (Wildman–Crippen MR) is 56.0 cm³/mol. The van der Waals surface area contributed by atoms with Crippen LogP contribution in [0.15, 0.2) is 0 Å². The molecular weight excluding hydrogens is 176 g/mol. The lowest BCUT2D eigenvalue weighted by Gasteiger charge is -2.35. The Bertz CT molecular complexity index is 227. The maximum atomic E-state index is 11.6. The van der Waals surface area contributed by atoms with Crippen LogP contribution < -0.4 is 5.32 Å². The molecule has 1 saturated heterocycles. The second-order valence-electron chi connectivity index (χ2n) is 4.85. The molecule has 3 heteroatoms. The highest BCUT2D eigenvalue weighted by Gasteiger charge is 2.33. The molecule has 0 aromatic carbocycles. The fourth-order valence-corrected chi connectivity index (χ4v) is 2.77. The molecule has 0 aromatic heterocycles. The summed E-state index contributed by atoms with van der Waals surface area (Å²) in [4.78, 5) is 13.9. The summed E-state index contributed by atoms with van der Waals surface area (Å²) in [6.07, 6.45) is 4.86. The van der Waals surface area contributed by atoms with Gasteiger partial charge in [0, 0.05) is 18.1 Å². The van der Waals surface area contributed by atoms with Crippen molar-refractivity contribution >= 4 is 5.91 Å². The fraction of sp³-hybridized carbons (Fsp3) is 0.909. The van der Waals surface area contributed by atoms with Gasteiger partial charge in [0.2, 0.25) is 5.91 Å². The van der Waals surface area contributed by atoms with E-state index >= 15 is 0 Å². The van der Waals surface area contributed by atoms with E-state index in [1.807, 2.05) is 0 Å². The van der Waals surface area contributed by atoms with Crippen LogP contribution in [0.5, 0.6) is 0 Å². The van der Waals surface area contributed by atoms with Crippen molar-refractivity contribution in [1.29, 1.82) is 0 Å². The van der Waals surface area contributed by atoms with Crippen molar-refractivity contribution in [3.8, 4) is 0 Å². The minimum Gasteiger partial charge on any atom is -0.352 e. The van der Waals surface area contributed by atoms with E-state index in [-0.39, 0.29) is 5.91 Å². The molecule has 0 radical (unpaired) electrons. The van der Waals surface area contributed by atoms with Crippen LogP contribution in [0, 0.1) is 0 Å². The van der Waals surface area contributed by atoms with Crippen LogP contribution in [0.1, 0.15) is 39.5 Å². The normalized spacial score (nSPS) is 34.1. The molecule has 3 nitrogen and oxygen atoms in total. The average Bonchev–Trinajstić information content (AvgIpc) is 2.23. The molecule has 1 N–H and O–H groups in total. The summed E-state index contributed by atoms with van der Waals surface area (Å²) in [5.74, 6) is 0.216. The highest BCUT2D eigenvalue weighted by molar-refractivity contribution is 5.78. The summed E-state index contributed by atoms with van der Waals surface area (Å²) in [6.45, 7) is 4.96. The van der Waals surface area contributed by atoms with Gasteiger partial charge in [-0.25, -0.2) is 0 Å². The molecule has 2 rings (SSSR count). The van der Waals surface area contributed by atoms with Crippen molar-refractivity contribution in [3.05, 3.63) is 0 Å². The highest BCUT2D eigenvalue weighted by atomic mass is 16.2. The number of carbonyl (C=O) groups is 1. The van der Waals surface area contributed by atoms with Gasteiger partial charge in [-0.2, -0.15) is 0 Å². The second kappa shape index (κ2) is 3.89. The van der Waals surface area contributed by atoms with Crippen LogP contribution in [0.2, 0.25) is 0 Å². The van der Waals surface area contributed by atoms with Gasteiger partial charge in [-0.3, -0.25) is 9.69 Å². The first-order valence-corrected chi connectivity index (χ1v) is 5.72. The van der Waals surface area contributed by atoms with Gasteiger partial charge in [0.25, 0.3) is 0 Å². The minimum absolute atomic E-state index is 0.216. The van der Waals surface area contributed by atoms with Gasteiger partial charge in [-0.15, -0.1) is 0 Å². The zero-order valence-corrected chi connectivity index (χ0v) is 9.12. The van der Waals surface area contributed by atoms with Crippen molar-refractivity contribution in [2.75, 3.05) is 6.54 Å². The fourth-order valence-electron chi connectivity index (χ4n) is 2.77. The van der Waals surface area contributed by atoms with Gasteiger partial charge in [0.1, 0.15) is 0 Å². The van der Waals surface area contributed by atoms with Gasteiger partial charge >= 0.3 is 0 Å². The smallest absolute Gasteiger partial charge is 0.234 e. The van der Waals surface area contributed by atoms with Gasteiger partial charge in [0.05, 0.1) is 6.54 Å². The Labute approximate surface area is 85.8 Å². The Morgan fingerprint density at radius 2 is 2.21 bits per heavy atom. The number of hydrogen-bond acceptors (Lipinski definition) is 2. The van der Waals surface area contributed by atoms with Crippen molar-refractivity contribution in [1.82, 2.24) is 10.2 Å². The summed E-state index contributed by atoms with van der Waals surface area (Å²) >= 11 is 0. The standard InChI is InChI=1S/C11H20N2O/c1-8(2)13-7-11(14)12-9-4-3-5-10(13)6-9/h8-10H,3-7H2,1-2H3,(H,12,14). The lowest BCUT2D eigenvalue weighted by Crippen LogP contribution is -2.43. The third-order valence-electron chi connectivity index (χ3n) is 3.47. The SMILES string of the molecule is CC(C)N1CC(=O)NC2CCCC1C2. The molecule has 1 aliphatic heterocycles. The van der Waals surface area contributed by atoms with Gasteiger partial charge in [0.15, 0.2) is 0 Å². The quantitative estimate of drug-likeness (QED) is 0.682. The number of nitrogens with one attached hydrogen (secondary N) is 1. The molecule has 14 heavy (non-hydrogen) atoms. The number of carbonyl (C=O) groups excluding carboxylic acids is 1. The third-order valence-corrected chi connectivity index (χ3v) is 3.47. The maximum Gasteiger partial charge on any atom is 0.234 e. The summed E-state index contributed by atoms with van der Waals surface area (Å²) in [5, 5.41) is 3.11. The number of hydrogen-bond donors (Lipinski definition) is 1. The number of fused-ring (bicyclic) bond motifs is 2. The Kier molecular flexibility index (Phi) is 2.77. The third kappa shape index (κ3) is 1.92. The predicted octanol–water partition coefficient (Wildman–Crippen LogP) is 1.14. The molecule has 2 aliphatic rings. The van der Waals surface area contributed by atoms with E-state index in [0.717, 1.165) is 6.42 Å².